The molecule has 0 aromatic heterocycles. The quantitative estimate of drug-likeness (QED) is 0.521. The Kier molecular flexibility index (Phi) is 8.82. The molecule has 19 heavy (non-hydrogen) atoms. The van der Waals surface area contributed by atoms with Gasteiger partial charge >= 0.3 is 0 Å². The summed E-state index contributed by atoms with van der Waals surface area (Å²) in [5.74, 6) is 0. The molecule has 0 N–H and O–H groups in total. The van der Waals surface area contributed by atoms with E-state index in [2.05, 4.69) is 12.6 Å². The van der Waals surface area contributed by atoms with Gasteiger partial charge in [-0.25, -0.2) is 0 Å². The molecule has 0 unspecified atom stereocenters. The van der Waals surface area contributed by atoms with E-state index in [9.17, 15) is 0 Å². The molecule has 3 aromatic carbocycles. The van der Waals surface area contributed by atoms with Gasteiger partial charge in [-0.1, -0.05) is 91.0 Å². The van der Waals surface area contributed by atoms with Crippen molar-refractivity contribution in [2.75, 3.05) is 0 Å². The number of benzene rings is 3. The van der Waals surface area contributed by atoms with Crippen LogP contribution in [0.1, 0.15) is 0 Å². The first-order valence-corrected chi connectivity index (χ1v) is 6.58. The third-order valence-electron chi connectivity index (χ3n) is 2.09. The molecule has 0 radical (unpaired) electrons. The lowest BCUT2D eigenvalue weighted by Gasteiger charge is -1.81. The monoisotopic (exact) mass is 266 g/mol. The molecule has 0 aliphatic heterocycles. The van der Waals surface area contributed by atoms with Gasteiger partial charge < -0.3 is 0 Å². The highest BCUT2D eigenvalue weighted by Crippen LogP contribution is 2.00. The van der Waals surface area contributed by atoms with Crippen molar-refractivity contribution in [3.63, 3.8) is 0 Å². The van der Waals surface area contributed by atoms with Crippen LogP contribution in [0.2, 0.25) is 0 Å². The zero-order valence-corrected chi connectivity index (χ0v) is 11.7. The van der Waals surface area contributed by atoms with E-state index in [0.29, 0.717) is 0 Å². The summed E-state index contributed by atoms with van der Waals surface area (Å²) >= 11 is 4.08. The fourth-order valence-corrected chi connectivity index (χ4v) is 1.37. The summed E-state index contributed by atoms with van der Waals surface area (Å²) in [5.41, 5.74) is 0. The maximum atomic E-state index is 4.08. The second kappa shape index (κ2) is 11.1. The molecule has 0 heterocycles. The Bertz CT molecular complexity index is 407. The predicted octanol–water partition coefficient (Wildman–Crippen LogP) is 5.35. The number of hydrogen-bond acceptors (Lipinski definition) is 1. The lowest BCUT2D eigenvalue weighted by atomic mass is 10.4. The van der Waals surface area contributed by atoms with Crippen LogP contribution in [0.25, 0.3) is 0 Å². The molecule has 0 fully saturated rings. The third-order valence-corrected chi connectivity index (χ3v) is 2.39. The average Bonchev–Trinajstić information content (AvgIpc) is 2.53. The maximum Gasteiger partial charge on any atom is 0.00399 e. The van der Waals surface area contributed by atoms with Gasteiger partial charge in [-0.05, 0) is 12.1 Å². The van der Waals surface area contributed by atoms with Crippen LogP contribution >= 0.6 is 12.6 Å². The predicted molar refractivity (Wildman–Crippen MR) is 86.6 cm³/mol. The van der Waals surface area contributed by atoms with Crippen molar-refractivity contribution in [3.05, 3.63) is 103 Å². The van der Waals surface area contributed by atoms with Crippen LogP contribution in [-0.4, -0.2) is 0 Å². The summed E-state index contributed by atoms with van der Waals surface area (Å²) < 4.78 is 0. The zero-order valence-electron chi connectivity index (χ0n) is 10.8. The maximum absolute atomic E-state index is 4.08. The molecule has 96 valence electrons. The first kappa shape index (κ1) is 15.1. The van der Waals surface area contributed by atoms with Crippen LogP contribution in [-0.2, 0) is 0 Å². The van der Waals surface area contributed by atoms with Gasteiger partial charge in [0.15, 0.2) is 0 Å². The number of hydrogen-bond donors (Lipinski definition) is 1. The van der Waals surface area contributed by atoms with Crippen molar-refractivity contribution >= 4 is 12.6 Å². The summed E-state index contributed by atoms with van der Waals surface area (Å²) in [6, 6.07) is 33.8. The van der Waals surface area contributed by atoms with Gasteiger partial charge in [0.05, 0.1) is 0 Å². The molecule has 0 saturated heterocycles. The highest BCUT2D eigenvalue weighted by molar-refractivity contribution is 7.80. The Balaban J connectivity index is 0.000000143. The third kappa shape index (κ3) is 9.69. The molecule has 3 rings (SSSR count). The van der Waals surface area contributed by atoms with E-state index in [1.165, 1.54) is 0 Å². The lowest BCUT2D eigenvalue weighted by Crippen LogP contribution is -1.56. The molecule has 0 aliphatic rings. The Labute approximate surface area is 121 Å². The molecule has 0 spiro atoms. The fourth-order valence-electron chi connectivity index (χ4n) is 1.20. The Morgan fingerprint density at radius 2 is 0.579 bits per heavy atom. The van der Waals surface area contributed by atoms with Crippen molar-refractivity contribution in [1.29, 1.82) is 0 Å². The zero-order chi connectivity index (χ0) is 13.6. The van der Waals surface area contributed by atoms with Crippen LogP contribution in [0.5, 0.6) is 0 Å². The van der Waals surface area contributed by atoms with Gasteiger partial charge in [0.2, 0.25) is 0 Å². The van der Waals surface area contributed by atoms with E-state index in [1.807, 2.05) is 103 Å². The van der Waals surface area contributed by atoms with Crippen LogP contribution in [0.15, 0.2) is 108 Å². The first-order valence-electron chi connectivity index (χ1n) is 6.13. The van der Waals surface area contributed by atoms with E-state index in [1.54, 1.807) is 0 Å². The Morgan fingerprint density at radius 1 is 0.368 bits per heavy atom. The van der Waals surface area contributed by atoms with Gasteiger partial charge in [0.1, 0.15) is 0 Å². The smallest absolute Gasteiger partial charge is 0.00399 e. The van der Waals surface area contributed by atoms with Crippen molar-refractivity contribution < 1.29 is 0 Å². The van der Waals surface area contributed by atoms with Crippen molar-refractivity contribution in [1.82, 2.24) is 0 Å². The van der Waals surface area contributed by atoms with Gasteiger partial charge in [0.25, 0.3) is 0 Å². The number of thiol groups is 1. The van der Waals surface area contributed by atoms with Crippen LogP contribution in [0.3, 0.4) is 0 Å². The molecule has 0 saturated carbocycles. The fraction of sp³-hybridized carbons (Fsp3) is 0. The van der Waals surface area contributed by atoms with Gasteiger partial charge in [-0.15, -0.1) is 12.6 Å². The van der Waals surface area contributed by atoms with Gasteiger partial charge in [-0.2, -0.15) is 0 Å². The minimum atomic E-state index is 1.02. The van der Waals surface area contributed by atoms with Crippen LogP contribution in [0, 0.1) is 0 Å². The molecule has 0 bridgehead atoms. The topological polar surface area (TPSA) is 0 Å². The second-order valence-electron chi connectivity index (χ2n) is 3.64. The van der Waals surface area contributed by atoms with Crippen molar-refractivity contribution in [2.45, 2.75) is 4.90 Å². The van der Waals surface area contributed by atoms with Crippen molar-refractivity contribution in [2.24, 2.45) is 0 Å². The Morgan fingerprint density at radius 3 is 0.737 bits per heavy atom. The molecule has 0 amide bonds. The van der Waals surface area contributed by atoms with Crippen LogP contribution < -0.4 is 0 Å². The normalized spacial score (nSPS) is 8.26. The second-order valence-corrected chi connectivity index (χ2v) is 4.16. The van der Waals surface area contributed by atoms with Crippen LogP contribution in [0.4, 0.5) is 0 Å². The minimum Gasteiger partial charge on any atom is -0.143 e. The molecule has 1 heteroatoms. The van der Waals surface area contributed by atoms with E-state index >= 15 is 0 Å². The van der Waals surface area contributed by atoms with E-state index in [0.717, 1.165) is 4.90 Å². The number of rotatable bonds is 0. The minimum absolute atomic E-state index is 1.02. The molecule has 0 nitrogen and oxygen atoms in total. The Hall–Kier alpha value is -1.99. The SMILES string of the molecule is Sc1ccccc1.c1ccccc1.c1ccccc1. The largest absolute Gasteiger partial charge is 0.143 e. The van der Waals surface area contributed by atoms with Gasteiger partial charge in [-0.3, -0.25) is 0 Å². The summed E-state index contributed by atoms with van der Waals surface area (Å²) in [6.45, 7) is 0. The van der Waals surface area contributed by atoms with E-state index < -0.39 is 0 Å². The molecule has 3 aromatic rings. The standard InChI is InChI=1S/C6H6S.2C6H6/c7-6-4-2-1-3-5-6;2*1-2-4-6-5-3-1/h1-5,7H;2*1-6H. The van der Waals surface area contributed by atoms with Gasteiger partial charge in [0, 0.05) is 4.90 Å². The highest BCUT2D eigenvalue weighted by Gasteiger charge is 1.73. The average molecular weight is 266 g/mol. The lowest BCUT2D eigenvalue weighted by molar-refractivity contribution is 1.48. The van der Waals surface area contributed by atoms with E-state index in [-0.39, 0.29) is 0 Å². The summed E-state index contributed by atoms with van der Waals surface area (Å²) in [6.07, 6.45) is 0. The molecule has 0 aliphatic carbocycles. The first-order chi connectivity index (χ1) is 9.39. The summed E-state index contributed by atoms with van der Waals surface area (Å²) in [4.78, 5) is 1.02. The summed E-state index contributed by atoms with van der Waals surface area (Å²) in [7, 11) is 0. The molecular formula is C18H18S. The van der Waals surface area contributed by atoms with Crippen molar-refractivity contribution in [3.8, 4) is 0 Å². The molecular weight excluding hydrogens is 248 g/mol. The highest BCUT2D eigenvalue weighted by atomic mass is 32.1. The molecule has 0 atom stereocenters. The van der Waals surface area contributed by atoms with E-state index in [4.69, 9.17) is 0 Å². The summed E-state index contributed by atoms with van der Waals surface area (Å²) in [5, 5.41) is 0.